The quantitative estimate of drug-likeness (QED) is 0.748. The van der Waals surface area contributed by atoms with E-state index >= 15 is 0 Å². The lowest BCUT2D eigenvalue weighted by Gasteiger charge is -2.21. The van der Waals surface area contributed by atoms with Crippen molar-refractivity contribution in [3.05, 3.63) is 41.3 Å². The Balaban J connectivity index is 1.65. The highest BCUT2D eigenvalue weighted by molar-refractivity contribution is 7.91. The summed E-state index contributed by atoms with van der Waals surface area (Å²) in [6.07, 6.45) is 0. The average molecular weight is 396 g/mol. The number of fused-ring (bicyclic) bond motifs is 1. The minimum Gasteiger partial charge on any atom is -0.454 e. The molecule has 0 fully saturated rings. The molecule has 1 aromatic carbocycles. The Bertz CT molecular complexity index is 879. The van der Waals surface area contributed by atoms with Gasteiger partial charge in [-0.15, -0.1) is 11.3 Å². The van der Waals surface area contributed by atoms with Gasteiger partial charge in [0.15, 0.2) is 11.5 Å². The van der Waals surface area contributed by atoms with Crippen molar-refractivity contribution in [2.24, 2.45) is 5.92 Å². The lowest BCUT2D eigenvalue weighted by atomic mass is 10.0. The van der Waals surface area contributed by atoms with Gasteiger partial charge in [-0.1, -0.05) is 26.0 Å². The van der Waals surface area contributed by atoms with Crippen molar-refractivity contribution in [2.45, 2.75) is 30.6 Å². The Kier molecular flexibility index (Phi) is 5.49. The molecule has 26 heavy (non-hydrogen) atoms. The first-order valence-corrected chi connectivity index (χ1v) is 10.4. The molecular formula is C17H20N2O5S2. The normalized spacial score (nSPS) is 14.4. The lowest BCUT2D eigenvalue weighted by molar-refractivity contribution is -0.123. The van der Waals surface area contributed by atoms with Gasteiger partial charge in [0.1, 0.15) is 10.3 Å². The van der Waals surface area contributed by atoms with Crippen LogP contribution in [0.15, 0.2) is 39.9 Å². The van der Waals surface area contributed by atoms with Crippen LogP contribution in [0.4, 0.5) is 0 Å². The van der Waals surface area contributed by atoms with Crippen LogP contribution in [-0.2, 0) is 21.4 Å². The molecule has 1 aromatic heterocycles. The van der Waals surface area contributed by atoms with E-state index in [0.29, 0.717) is 11.5 Å². The van der Waals surface area contributed by atoms with Crippen LogP contribution < -0.4 is 19.5 Å². The summed E-state index contributed by atoms with van der Waals surface area (Å²) in [7, 11) is -3.73. The van der Waals surface area contributed by atoms with Crippen LogP contribution in [-0.4, -0.2) is 27.2 Å². The van der Waals surface area contributed by atoms with E-state index in [0.717, 1.165) is 16.9 Å². The molecule has 9 heteroatoms. The summed E-state index contributed by atoms with van der Waals surface area (Å²) in [4.78, 5) is 12.5. The van der Waals surface area contributed by atoms with Crippen LogP contribution in [0.3, 0.4) is 0 Å². The van der Waals surface area contributed by atoms with E-state index in [1.165, 1.54) is 6.07 Å². The maximum Gasteiger partial charge on any atom is 0.250 e. The number of carbonyl (C=O) groups excluding carboxylic acids is 1. The third kappa shape index (κ3) is 4.17. The van der Waals surface area contributed by atoms with E-state index in [1.54, 1.807) is 37.4 Å². The monoisotopic (exact) mass is 396 g/mol. The van der Waals surface area contributed by atoms with E-state index in [1.807, 2.05) is 6.07 Å². The Hall–Kier alpha value is -2.10. The Morgan fingerprint density at radius 3 is 2.69 bits per heavy atom. The van der Waals surface area contributed by atoms with Gasteiger partial charge >= 0.3 is 0 Å². The standard InChI is InChI=1S/C17H20N2O5S2/c1-11(2)16(19-26(21,22)15-4-3-7-25-15)17(20)18-9-12-5-6-13-14(8-12)24-10-23-13/h3-8,11,16,19H,9-10H2,1-2H3,(H,18,20)/t16-/m0/s1. The summed E-state index contributed by atoms with van der Waals surface area (Å²) in [6, 6.07) is 7.70. The molecule has 0 unspecified atom stereocenters. The SMILES string of the molecule is CC(C)[C@H](NS(=O)(=O)c1cccs1)C(=O)NCc1ccc2c(c1)OCO2. The molecule has 0 radical (unpaired) electrons. The second-order valence-corrected chi connectivity index (χ2v) is 9.07. The summed E-state index contributed by atoms with van der Waals surface area (Å²) < 4.78 is 38.1. The van der Waals surface area contributed by atoms with Gasteiger partial charge in [-0.2, -0.15) is 4.72 Å². The van der Waals surface area contributed by atoms with E-state index < -0.39 is 16.1 Å². The van der Waals surface area contributed by atoms with Gasteiger partial charge in [0.05, 0.1) is 0 Å². The van der Waals surface area contributed by atoms with Crippen LogP contribution in [0.5, 0.6) is 11.5 Å². The van der Waals surface area contributed by atoms with E-state index in [4.69, 9.17) is 9.47 Å². The van der Waals surface area contributed by atoms with Crippen LogP contribution in [0.1, 0.15) is 19.4 Å². The van der Waals surface area contributed by atoms with Crippen LogP contribution >= 0.6 is 11.3 Å². The molecule has 7 nitrogen and oxygen atoms in total. The van der Waals surface area contributed by atoms with E-state index in [2.05, 4.69) is 10.0 Å². The Morgan fingerprint density at radius 1 is 1.23 bits per heavy atom. The van der Waals surface area contributed by atoms with Gasteiger partial charge in [0.2, 0.25) is 12.7 Å². The summed E-state index contributed by atoms with van der Waals surface area (Å²) in [5, 5.41) is 4.46. The smallest absolute Gasteiger partial charge is 0.250 e. The average Bonchev–Trinajstić information content (AvgIpc) is 3.28. The lowest BCUT2D eigenvalue weighted by Crippen LogP contribution is -2.49. The predicted molar refractivity (Wildman–Crippen MR) is 97.7 cm³/mol. The highest BCUT2D eigenvalue weighted by Crippen LogP contribution is 2.32. The number of carbonyl (C=O) groups is 1. The van der Waals surface area contributed by atoms with Crippen molar-refractivity contribution in [3.63, 3.8) is 0 Å². The summed E-state index contributed by atoms with van der Waals surface area (Å²) in [5.41, 5.74) is 0.839. The van der Waals surface area contributed by atoms with Crippen molar-refractivity contribution >= 4 is 27.3 Å². The molecule has 2 heterocycles. The highest BCUT2D eigenvalue weighted by atomic mass is 32.2. The van der Waals surface area contributed by atoms with Gasteiger partial charge in [0, 0.05) is 6.54 Å². The van der Waals surface area contributed by atoms with Gasteiger partial charge in [0.25, 0.3) is 10.0 Å². The summed E-state index contributed by atoms with van der Waals surface area (Å²) in [6.45, 7) is 4.04. The van der Waals surface area contributed by atoms with Gasteiger partial charge < -0.3 is 14.8 Å². The number of rotatable bonds is 7. The van der Waals surface area contributed by atoms with Crippen LogP contribution in [0.2, 0.25) is 0 Å². The molecule has 0 bridgehead atoms. The molecular weight excluding hydrogens is 376 g/mol. The third-order valence-electron chi connectivity index (χ3n) is 3.89. The summed E-state index contributed by atoms with van der Waals surface area (Å²) >= 11 is 1.11. The molecule has 0 aliphatic carbocycles. The van der Waals surface area contributed by atoms with Gasteiger partial charge in [-0.3, -0.25) is 4.79 Å². The first-order valence-electron chi connectivity index (χ1n) is 8.09. The Labute approximate surface area is 156 Å². The molecule has 1 aliphatic heterocycles. The molecule has 0 spiro atoms. The fraction of sp³-hybridized carbons (Fsp3) is 0.353. The van der Waals surface area contributed by atoms with Crippen LogP contribution in [0.25, 0.3) is 0 Å². The minimum absolute atomic E-state index is 0.186. The number of sulfonamides is 1. The van der Waals surface area contributed by atoms with E-state index in [9.17, 15) is 13.2 Å². The number of amides is 1. The number of nitrogens with one attached hydrogen (secondary N) is 2. The molecule has 3 rings (SSSR count). The number of hydrogen-bond acceptors (Lipinski definition) is 6. The molecule has 0 saturated carbocycles. The highest BCUT2D eigenvalue weighted by Gasteiger charge is 2.28. The van der Waals surface area contributed by atoms with Crippen LogP contribution in [0, 0.1) is 5.92 Å². The molecule has 2 N–H and O–H groups in total. The summed E-state index contributed by atoms with van der Waals surface area (Å²) in [5.74, 6) is 0.721. The van der Waals surface area contributed by atoms with Crippen molar-refractivity contribution in [3.8, 4) is 11.5 Å². The maximum absolute atomic E-state index is 12.5. The van der Waals surface area contributed by atoms with Crippen molar-refractivity contribution < 1.29 is 22.7 Å². The van der Waals surface area contributed by atoms with Crippen molar-refractivity contribution in [2.75, 3.05) is 6.79 Å². The van der Waals surface area contributed by atoms with E-state index in [-0.39, 0.29) is 29.4 Å². The van der Waals surface area contributed by atoms with Gasteiger partial charge in [-0.25, -0.2) is 8.42 Å². The molecule has 140 valence electrons. The third-order valence-corrected chi connectivity index (χ3v) is 6.73. The van der Waals surface area contributed by atoms with Crippen molar-refractivity contribution in [1.29, 1.82) is 0 Å². The zero-order chi connectivity index (χ0) is 18.7. The molecule has 1 aliphatic rings. The number of ether oxygens (including phenoxy) is 2. The number of hydrogen-bond donors (Lipinski definition) is 2. The topological polar surface area (TPSA) is 93.7 Å². The van der Waals surface area contributed by atoms with Gasteiger partial charge in [-0.05, 0) is 35.1 Å². The fourth-order valence-corrected chi connectivity index (χ4v) is 4.84. The Morgan fingerprint density at radius 2 is 2.00 bits per heavy atom. The predicted octanol–water partition coefficient (Wildman–Crippen LogP) is 2.10. The number of benzene rings is 1. The maximum atomic E-state index is 12.5. The fourth-order valence-electron chi connectivity index (χ4n) is 2.48. The van der Waals surface area contributed by atoms with Crippen molar-refractivity contribution in [1.82, 2.24) is 10.0 Å². The minimum atomic E-state index is -3.73. The molecule has 1 atom stereocenters. The first-order chi connectivity index (χ1) is 12.4. The second-order valence-electron chi connectivity index (χ2n) is 6.18. The first kappa shape index (κ1) is 18.7. The molecule has 0 saturated heterocycles. The zero-order valence-electron chi connectivity index (χ0n) is 14.4. The number of thiophene rings is 1. The largest absolute Gasteiger partial charge is 0.454 e. The second kappa shape index (κ2) is 7.65. The molecule has 1 amide bonds. The zero-order valence-corrected chi connectivity index (χ0v) is 16.0. The molecule has 2 aromatic rings.